The summed E-state index contributed by atoms with van der Waals surface area (Å²) in [5.74, 6) is 1.82. The molecule has 3 atom stereocenters. The van der Waals surface area contributed by atoms with Crippen LogP contribution in [0.5, 0.6) is 11.5 Å². The Labute approximate surface area is 205 Å². The van der Waals surface area contributed by atoms with E-state index >= 15 is 0 Å². The van der Waals surface area contributed by atoms with Gasteiger partial charge in [0.1, 0.15) is 11.5 Å². The van der Waals surface area contributed by atoms with Gasteiger partial charge in [0.05, 0.1) is 11.8 Å². The van der Waals surface area contributed by atoms with Crippen LogP contribution in [0.15, 0.2) is 48.7 Å². The molecule has 0 bridgehead atoms. The second-order valence-corrected chi connectivity index (χ2v) is 11.1. The molecule has 186 valence electrons. The van der Waals surface area contributed by atoms with Crippen LogP contribution in [0.1, 0.15) is 53.5 Å². The molecule has 0 aliphatic carbocycles. The van der Waals surface area contributed by atoms with Gasteiger partial charge in [-0.3, -0.25) is 9.52 Å². The zero-order chi connectivity index (χ0) is 24.5. The number of rotatable bonds is 8. The van der Waals surface area contributed by atoms with E-state index in [9.17, 15) is 13.2 Å². The number of benzene rings is 2. The van der Waals surface area contributed by atoms with E-state index in [1.807, 2.05) is 18.3 Å². The third kappa shape index (κ3) is 4.98. The number of hydrogen-bond acceptors (Lipinski definition) is 5. The SMILES string of the molecule is CCC(C)c1ccc(Oc2ccc(NS(=O)(=O)CC)cc2C2=CN(C)C(=O)C3NCCC23)cc1.[HH].[HH]. The highest BCUT2D eigenvalue weighted by molar-refractivity contribution is 7.92. The summed E-state index contributed by atoms with van der Waals surface area (Å²) in [4.78, 5) is 14.3. The predicted molar refractivity (Wildman–Crippen MR) is 140 cm³/mol. The highest BCUT2D eigenvalue weighted by Crippen LogP contribution is 2.42. The van der Waals surface area contributed by atoms with Gasteiger partial charge in [-0.2, -0.15) is 0 Å². The molecular formula is C26H37N3O4S. The molecule has 1 amide bonds. The van der Waals surface area contributed by atoms with Crippen molar-refractivity contribution in [3.05, 3.63) is 59.8 Å². The van der Waals surface area contributed by atoms with Crippen LogP contribution in [-0.2, 0) is 14.8 Å². The van der Waals surface area contributed by atoms with Gasteiger partial charge in [0.15, 0.2) is 0 Å². The number of fused-ring (bicyclic) bond motifs is 1. The molecular weight excluding hydrogens is 450 g/mol. The number of carbonyl (C=O) groups excluding carboxylic acids is 1. The van der Waals surface area contributed by atoms with E-state index < -0.39 is 10.0 Å². The zero-order valence-corrected chi connectivity index (χ0v) is 21.0. The van der Waals surface area contributed by atoms with E-state index in [1.165, 1.54) is 5.56 Å². The second kappa shape index (κ2) is 9.80. The van der Waals surface area contributed by atoms with Crippen LogP contribution >= 0.6 is 0 Å². The summed E-state index contributed by atoms with van der Waals surface area (Å²) in [5.41, 5.74) is 3.47. The van der Waals surface area contributed by atoms with Crippen molar-refractivity contribution in [3.63, 3.8) is 0 Å². The highest BCUT2D eigenvalue weighted by Gasteiger charge is 2.41. The van der Waals surface area contributed by atoms with E-state index in [-0.39, 0.29) is 26.5 Å². The maximum atomic E-state index is 12.7. The average Bonchev–Trinajstić information content (AvgIpc) is 3.32. The molecule has 0 aromatic heterocycles. The fourth-order valence-corrected chi connectivity index (χ4v) is 5.17. The average molecular weight is 488 g/mol. The minimum absolute atomic E-state index is 0. The van der Waals surface area contributed by atoms with Gasteiger partial charge in [-0.15, -0.1) is 0 Å². The van der Waals surface area contributed by atoms with Crippen LogP contribution < -0.4 is 14.8 Å². The molecule has 2 aromatic rings. The minimum atomic E-state index is -3.43. The molecule has 2 heterocycles. The van der Waals surface area contributed by atoms with Crippen LogP contribution in [0.4, 0.5) is 5.69 Å². The van der Waals surface area contributed by atoms with Crippen molar-refractivity contribution in [1.29, 1.82) is 0 Å². The molecule has 2 aliphatic rings. The van der Waals surface area contributed by atoms with E-state index in [0.717, 1.165) is 30.5 Å². The topological polar surface area (TPSA) is 87.7 Å². The summed E-state index contributed by atoms with van der Waals surface area (Å²) < 4.78 is 33.4. The molecule has 0 radical (unpaired) electrons. The molecule has 4 rings (SSSR count). The molecule has 2 N–H and O–H groups in total. The third-order valence-electron chi connectivity index (χ3n) is 6.80. The molecule has 2 aliphatic heterocycles. The number of anilines is 1. The predicted octanol–water partition coefficient (Wildman–Crippen LogP) is 5.04. The first kappa shape index (κ1) is 24.3. The van der Waals surface area contributed by atoms with Crippen molar-refractivity contribution in [3.8, 4) is 11.5 Å². The van der Waals surface area contributed by atoms with Gasteiger partial charge in [0, 0.05) is 33.3 Å². The summed E-state index contributed by atoms with van der Waals surface area (Å²) in [6.45, 7) is 6.72. The molecule has 0 spiro atoms. The number of sulfonamides is 1. The second-order valence-electron chi connectivity index (χ2n) is 9.06. The summed E-state index contributed by atoms with van der Waals surface area (Å²) in [7, 11) is -1.69. The molecule has 1 saturated heterocycles. The zero-order valence-electron chi connectivity index (χ0n) is 20.2. The molecule has 0 saturated carbocycles. The number of nitrogens with zero attached hydrogens (tertiary/aromatic N) is 1. The van der Waals surface area contributed by atoms with Gasteiger partial charge in [-0.05, 0) is 73.7 Å². The maximum Gasteiger partial charge on any atom is 0.244 e. The van der Waals surface area contributed by atoms with E-state index in [0.29, 0.717) is 23.1 Å². The molecule has 8 heteroatoms. The Balaban J connectivity index is 0.00000228. The van der Waals surface area contributed by atoms with Crippen molar-refractivity contribution in [2.75, 3.05) is 24.1 Å². The van der Waals surface area contributed by atoms with Crippen LogP contribution in [0.25, 0.3) is 5.57 Å². The standard InChI is InChI=1S/C26H33N3O4S.2H2/c1-5-17(3)18-7-10-20(11-8-18)33-24-12-9-19(28-34(31,32)6-2)15-22(24)23-16-29(4)26(30)25-21(23)13-14-27-25;;/h7-12,15-17,21,25,27-28H,5-6,13-14H2,1-4H3;2*1H. The molecule has 7 nitrogen and oxygen atoms in total. The van der Waals surface area contributed by atoms with Gasteiger partial charge in [-0.1, -0.05) is 26.0 Å². The lowest BCUT2D eigenvalue weighted by Gasteiger charge is -2.32. The van der Waals surface area contributed by atoms with E-state index in [1.54, 1.807) is 37.1 Å². The number of ether oxygens (including phenoxy) is 1. The number of nitrogens with one attached hydrogen (secondary N) is 2. The summed E-state index contributed by atoms with van der Waals surface area (Å²) in [6.07, 6.45) is 3.74. The fourth-order valence-electron chi connectivity index (χ4n) is 4.54. The third-order valence-corrected chi connectivity index (χ3v) is 8.11. The minimum Gasteiger partial charge on any atom is -0.457 e. The normalized spacial score (nSPS) is 21.1. The first-order valence-electron chi connectivity index (χ1n) is 11.9. The maximum absolute atomic E-state index is 12.7. The van der Waals surface area contributed by atoms with Crippen LogP contribution in [-0.4, -0.2) is 44.6 Å². The Morgan fingerprint density at radius 2 is 1.94 bits per heavy atom. The Hall–Kier alpha value is -2.84. The van der Waals surface area contributed by atoms with E-state index in [2.05, 4.69) is 36.0 Å². The van der Waals surface area contributed by atoms with Crippen LogP contribution in [0.3, 0.4) is 0 Å². The number of carbonyl (C=O) groups is 1. The first-order chi connectivity index (χ1) is 16.2. The van der Waals surface area contributed by atoms with Crippen molar-refractivity contribution >= 4 is 27.2 Å². The van der Waals surface area contributed by atoms with Crippen molar-refractivity contribution in [2.24, 2.45) is 5.92 Å². The molecule has 1 fully saturated rings. The fraction of sp³-hybridized carbons (Fsp3) is 0.423. The largest absolute Gasteiger partial charge is 0.457 e. The lowest BCUT2D eigenvalue weighted by atomic mass is 9.84. The lowest BCUT2D eigenvalue weighted by molar-refractivity contribution is -0.130. The van der Waals surface area contributed by atoms with Crippen LogP contribution in [0, 0.1) is 5.92 Å². The Morgan fingerprint density at radius 3 is 2.62 bits per heavy atom. The number of hydrogen-bond donors (Lipinski definition) is 2. The van der Waals surface area contributed by atoms with E-state index in [4.69, 9.17) is 4.74 Å². The van der Waals surface area contributed by atoms with Gasteiger partial charge in [0.2, 0.25) is 15.9 Å². The van der Waals surface area contributed by atoms with Gasteiger partial charge < -0.3 is 15.0 Å². The smallest absolute Gasteiger partial charge is 0.244 e. The number of likely N-dealkylation sites (N-methyl/N-ethyl adjacent to an activating group) is 1. The number of amides is 1. The molecule has 3 unspecified atom stereocenters. The summed E-state index contributed by atoms with van der Waals surface area (Å²) in [5, 5.41) is 3.31. The summed E-state index contributed by atoms with van der Waals surface area (Å²) in [6, 6.07) is 13.1. The Morgan fingerprint density at radius 1 is 1.21 bits per heavy atom. The van der Waals surface area contributed by atoms with Crippen molar-refractivity contribution < 1.29 is 20.8 Å². The monoisotopic (exact) mass is 487 g/mol. The summed E-state index contributed by atoms with van der Waals surface area (Å²) >= 11 is 0. The lowest BCUT2D eigenvalue weighted by Crippen LogP contribution is -2.46. The van der Waals surface area contributed by atoms with Gasteiger partial charge in [0.25, 0.3) is 0 Å². The quantitative estimate of drug-likeness (QED) is 0.545. The molecule has 2 aromatic carbocycles. The Kier molecular flexibility index (Phi) is 7.00. The Bertz CT molecular complexity index is 1200. The molecule has 34 heavy (non-hydrogen) atoms. The highest BCUT2D eigenvalue weighted by atomic mass is 32.2. The van der Waals surface area contributed by atoms with Crippen LogP contribution in [0.2, 0.25) is 0 Å². The van der Waals surface area contributed by atoms with Crippen molar-refractivity contribution in [2.45, 2.75) is 45.6 Å². The first-order valence-corrected chi connectivity index (χ1v) is 13.5. The van der Waals surface area contributed by atoms with Gasteiger partial charge in [-0.25, -0.2) is 8.42 Å². The van der Waals surface area contributed by atoms with Gasteiger partial charge >= 0.3 is 0 Å². The van der Waals surface area contributed by atoms with Crippen molar-refractivity contribution in [1.82, 2.24) is 10.2 Å².